The van der Waals surface area contributed by atoms with Gasteiger partial charge in [0, 0.05) is 11.9 Å². The Labute approximate surface area is 84.1 Å². The van der Waals surface area contributed by atoms with E-state index in [4.69, 9.17) is 9.96 Å². The van der Waals surface area contributed by atoms with Crippen molar-refractivity contribution in [3.63, 3.8) is 0 Å². The van der Waals surface area contributed by atoms with Crippen molar-refractivity contribution in [3.05, 3.63) is 10.2 Å². The molecule has 1 aromatic rings. The van der Waals surface area contributed by atoms with Crippen LogP contribution in [0.5, 0.6) is 0 Å². The van der Waals surface area contributed by atoms with Crippen LogP contribution in [0, 0.1) is 5.41 Å². The van der Waals surface area contributed by atoms with Crippen LogP contribution in [0.4, 0.5) is 4.39 Å². The molecule has 0 bridgehead atoms. The molecule has 1 rings (SSSR count). The third-order valence-corrected chi connectivity index (χ3v) is 3.36. The van der Waals surface area contributed by atoms with Crippen LogP contribution in [0.15, 0.2) is 10.4 Å². The van der Waals surface area contributed by atoms with Gasteiger partial charge in [-0.3, -0.25) is 14.4 Å². The van der Waals surface area contributed by atoms with Gasteiger partial charge in [-0.2, -0.15) is 8.42 Å². The molecule has 0 radical (unpaired) electrons. The van der Waals surface area contributed by atoms with Crippen molar-refractivity contribution in [2.24, 2.45) is 0 Å². The summed E-state index contributed by atoms with van der Waals surface area (Å²) in [5.74, 6) is 0. The monoisotopic (exact) mass is 240 g/mol. The molecule has 0 saturated heterocycles. The van der Waals surface area contributed by atoms with Crippen LogP contribution < -0.4 is 4.80 Å². The lowest BCUT2D eigenvalue weighted by Crippen LogP contribution is -2.19. The van der Waals surface area contributed by atoms with Gasteiger partial charge >= 0.3 is 10.1 Å². The Morgan fingerprint density at radius 1 is 1.64 bits per heavy atom. The number of alkyl halides is 1. The number of hydrogen-bond donors (Lipinski definition) is 2. The molecule has 0 unspecified atom stereocenters. The average molecular weight is 240 g/mol. The maximum atomic E-state index is 11.9. The Morgan fingerprint density at radius 3 is 2.79 bits per heavy atom. The number of nitrogens with zero attached hydrogens (tertiary/aromatic N) is 1. The number of nitrogens with one attached hydrogen (secondary N) is 1. The molecule has 0 aliphatic heterocycles. The molecule has 1 aromatic heterocycles. The average Bonchev–Trinajstić information content (AvgIpc) is 2.42. The first kappa shape index (κ1) is 11.3. The molecular formula is C6H9FN2O3S2. The standard InChI is InChI=1S/C6H9FN2O3S2/c7-2-1-3-9-5(14(10,11)12)4-13-6(9)8/h4,8H,1-3H2,(H,10,11,12). The SMILES string of the molecule is N=c1scc(S(=O)(=O)O)n1CCCF. The molecule has 5 nitrogen and oxygen atoms in total. The fraction of sp³-hybridized carbons (Fsp3) is 0.500. The summed E-state index contributed by atoms with van der Waals surface area (Å²) in [5.41, 5.74) is 0. The van der Waals surface area contributed by atoms with E-state index in [2.05, 4.69) is 0 Å². The van der Waals surface area contributed by atoms with Crippen LogP contribution in [0.25, 0.3) is 0 Å². The third kappa shape index (κ3) is 2.40. The van der Waals surface area contributed by atoms with Crippen molar-refractivity contribution in [2.75, 3.05) is 6.67 Å². The smallest absolute Gasteiger partial charge is 0.306 e. The molecular weight excluding hydrogens is 231 g/mol. The normalized spacial score (nSPS) is 11.9. The summed E-state index contributed by atoms with van der Waals surface area (Å²) < 4.78 is 43.3. The highest BCUT2D eigenvalue weighted by Crippen LogP contribution is 2.09. The van der Waals surface area contributed by atoms with Crippen LogP contribution in [0.3, 0.4) is 0 Å². The zero-order valence-electron chi connectivity index (χ0n) is 7.10. The highest BCUT2D eigenvalue weighted by molar-refractivity contribution is 7.85. The molecule has 14 heavy (non-hydrogen) atoms. The molecule has 1 heterocycles. The van der Waals surface area contributed by atoms with Crippen LogP contribution >= 0.6 is 11.3 Å². The lowest BCUT2D eigenvalue weighted by atomic mass is 10.5. The Kier molecular flexibility index (Phi) is 3.40. The molecule has 2 N–H and O–H groups in total. The predicted octanol–water partition coefficient (Wildman–Crippen LogP) is 0.635. The summed E-state index contributed by atoms with van der Waals surface area (Å²) in [6.45, 7) is -0.513. The zero-order chi connectivity index (χ0) is 10.8. The van der Waals surface area contributed by atoms with Gasteiger partial charge in [-0.25, -0.2) is 0 Å². The number of rotatable bonds is 4. The van der Waals surface area contributed by atoms with E-state index in [-0.39, 0.29) is 22.8 Å². The van der Waals surface area contributed by atoms with E-state index in [1.807, 2.05) is 0 Å². The van der Waals surface area contributed by atoms with Crippen molar-refractivity contribution in [1.29, 1.82) is 5.41 Å². The Balaban J connectivity index is 3.14. The molecule has 0 amide bonds. The van der Waals surface area contributed by atoms with Gasteiger partial charge in [0.2, 0.25) is 0 Å². The third-order valence-electron chi connectivity index (χ3n) is 1.56. The second kappa shape index (κ2) is 4.20. The second-order valence-electron chi connectivity index (χ2n) is 2.55. The predicted molar refractivity (Wildman–Crippen MR) is 48.6 cm³/mol. The molecule has 0 aliphatic carbocycles. The highest BCUT2D eigenvalue weighted by atomic mass is 32.2. The van der Waals surface area contributed by atoms with Crippen LogP contribution in [0.1, 0.15) is 6.42 Å². The van der Waals surface area contributed by atoms with Crippen molar-refractivity contribution in [3.8, 4) is 0 Å². The zero-order valence-corrected chi connectivity index (χ0v) is 8.74. The van der Waals surface area contributed by atoms with E-state index in [1.165, 1.54) is 0 Å². The van der Waals surface area contributed by atoms with Crippen LogP contribution in [-0.4, -0.2) is 24.2 Å². The maximum Gasteiger partial charge on any atom is 0.311 e. The minimum atomic E-state index is -4.31. The van der Waals surface area contributed by atoms with E-state index < -0.39 is 16.8 Å². The molecule has 0 saturated carbocycles. The first-order valence-electron chi connectivity index (χ1n) is 3.73. The van der Waals surface area contributed by atoms with Gasteiger partial charge in [0.1, 0.15) is 0 Å². The number of aromatic nitrogens is 1. The van der Waals surface area contributed by atoms with Crippen molar-refractivity contribution >= 4 is 21.5 Å². The van der Waals surface area contributed by atoms with E-state index in [0.29, 0.717) is 0 Å². The number of halogens is 1. The van der Waals surface area contributed by atoms with Crippen molar-refractivity contribution < 1.29 is 17.4 Å². The van der Waals surface area contributed by atoms with Gasteiger partial charge < -0.3 is 4.57 Å². The fourth-order valence-corrected chi connectivity index (χ4v) is 2.77. The summed E-state index contributed by atoms with van der Waals surface area (Å²) in [7, 11) is -4.31. The van der Waals surface area contributed by atoms with Gasteiger partial charge in [-0.05, 0) is 6.42 Å². The van der Waals surface area contributed by atoms with Gasteiger partial charge in [0.25, 0.3) is 0 Å². The summed E-state index contributed by atoms with van der Waals surface area (Å²) >= 11 is 0.876. The van der Waals surface area contributed by atoms with Gasteiger partial charge in [-0.15, -0.1) is 11.3 Å². The molecule has 8 heteroatoms. The van der Waals surface area contributed by atoms with E-state index in [0.717, 1.165) is 21.3 Å². The molecule has 0 atom stereocenters. The van der Waals surface area contributed by atoms with Crippen LogP contribution in [0.2, 0.25) is 0 Å². The van der Waals surface area contributed by atoms with E-state index >= 15 is 0 Å². The first-order chi connectivity index (χ1) is 6.46. The van der Waals surface area contributed by atoms with Crippen molar-refractivity contribution in [1.82, 2.24) is 4.57 Å². The second-order valence-corrected chi connectivity index (χ2v) is 4.77. The van der Waals surface area contributed by atoms with Gasteiger partial charge in [0.05, 0.1) is 6.67 Å². The minimum absolute atomic E-state index is 0.0222. The lowest BCUT2D eigenvalue weighted by Gasteiger charge is -2.03. The van der Waals surface area contributed by atoms with Crippen molar-refractivity contribution in [2.45, 2.75) is 18.0 Å². The largest absolute Gasteiger partial charge is 0.311 e. The Morgan fingerprint density at radius 2 is 2.29 bits per heavy atom. The molecule has 0 fully saturated rings. The lowest BCUT2D eigenvalue weighted by molar-refractivity contribution is 0.424. The number of thiazole rings is 1. The highest BCUT2D eigenvalue weighted by Gasteiger charge is 2.16. The molecule has 0 aromatic carbocycles. The summed E-state index contributed by atoms with van der Waals surface area (Å²) in [6.07, 6.45) is 0.121. The Bertz CT molecular complexity index is 462. The molecule has 80 valence electrons. The van der Waals surface area contributed by atoms with E-state index in [1.54, 1.807) is 0 Å². The summed E-state index contributed by atoms with van der Waals surface area (Å²) in [5, 5.41) is 8.15. The van der Waals surface area contributed by atoms with Crippen LogP contribution in [-0.2, 0) is 16.7 Å². The summed E-state index contributed by atoms with van der Waals surface area (Å²) in [4.78, 5) is -0.0222. The first-order valence-corrected chi connectivity index (χ1v) is 6.05. The summed E-state index contributed by atoms with van der Waals surface area (Å²) in [6, 6.07) is 0. The maximum absolute atomic E-state index is 11.9. The fourth-order valence-electron chi connectivity index (χ4n) is 0.963. The number of hydrogen-bond acceptors (Lipinski definition) is 4. The molecule has 0 spiro atoms. The minimum Gasteiger partial charge on any atom is -0.306 e. The Hall–Kier alpha value is -0.730. The van der Waals surface area contributed by atoms with Gasteiger partial charge in [-0.1, -0.05) is 0 Å². The topological polar surface area (TPSA) is 83.2 Å². The molecule has 0 aliphatic rings. The quantitative estimate of drug-likeness (QED) is 0.757. The van der Waals surface area contributed by atoms with Gasteiger partial charge in [0.15, 0.2) is 9.83 Å². The van der Waals surface area contributed by atoms with E-state index in [9.17, 15) is 12.8 Å².